The first-order valence-corrected chi connectivity index (χ1v) is 2.12. The number of nitrogens with one attached hydrogen (secondary N) is 1. The second-order valence-electron chi connectivity index (χ2n) is 1.49. The summed E-state index contributed by atoms with van der Waals surface area (Å²) < 4.78 is 0. The molecule has 1 rings (SSSR count). The molecule has 1 atom stereocenters. The summed E-state index contributed by atoms with van der Waals surface area (Å²) in [6.07, 6.45) is 1.98. The molecule has 0 aromatic heterocycles. The maximum absolute atomic E-state index is 9.72. The van der Waals surface area contributed by atoms with Crippen LogP contribution in [-0.2, 0) is 4.79 Å². The van der Waals surface area contributed by atoms with Gasteiger partial charge in [0.1, 0.15) is 6.29 Å². The lowest BCUT2D eigenvalue weighted by molar-refractivity contribution is -0.110. The average Bonchev–Trinajstić information content (AvgIpc) is 1.31. The van der Waals surface area contributed by atoms with Crippen molar-refractivity contribution in [2.75, 3.05) is 6.54 Å². The van der Waals surface area contributed by atoms with Crippen LogP contribution in [0.5, 0.6) is 0 Å². The molecular weight excluding hydrogens is 78.0 g/mol. The zero-order chi connectivity index (χ0) is 4.41. The van der Waals surface area contributed by atoms with Crippen LogP contribution in [0.4, 0.5) is 0 Å². The quantitative estimate of drug-likeness (QED) is 0.437. The first-order chi connectivity index (χ1) is 2.93. The molecule has 0 amide bonds. The van der Waals surface area contributed by atoms with Gasteiger partial charge in [0.05, 0.1) is 6.04 Å². The molecule has 0 saturated carbocycles. The Morgan fingerprint density at radius 2 is 2.50 bits per heavy atom. The van der Waals surface area contributed by atoms with Crippen molar-refractivity contribution in [3.05, 3.63) is 0 Å². The lowest BCUT2D eigenvalue weighted by Crippen LogP contribution is -2.43. The molecule has 1 aliphatic rings. The number of aldehydes is 1. The van der Waals surface area contributed by atoms with Crippen LogP contribution in [0.2, 0.25) is 0 Å². The molecule has 34 valence electrons. The largest absolute Gasteiger partial charge is 0.308 e. The molecule has 0 spiro atoms. The Hall–Kier alpha value is -0.370. The fourth-order valence-corrected chi connectivity index (χ4v) is 0.427. The third-order valence-corrected chi connectivity index (χ3v) is 1.03. The number of rotatable bonds is 1. The molecule has 1 aliphatic heterocycles. The molecular formula is C4H7NO. The van der Waals surface area contributed by atoms with E-state index in [-0.39, 0.29) is 6.04 Å². The van der Waals surface area contributed by atoms with Crippen molar-refractivity contribution < 1.29 is 4.79 Å². The van der Waals surface area contributed by atoms with Gasteiger partial charge in [0.2, 0.25) is 0 Å². The van der Waals surface area contributed by atoms with Crippen molar-refractivity contribution in [1.82, 2.24) is 5.32 Å². The summed E-state index contributed by atoms with van der Waals surface area (Å²) in [6.45, 7) is 1.02. The number of hydrogen-bond donors (Lipinski definition) is 1. The van der Waals surface area contributed by atoms with E-state index in [1.165, 1.54) is 0 Å². The van der Waals surface area contributed by atoms with Crippen molar-refractivity contribution in [3.8, 4) is 0 Å². The minimum atomic E-state index is 0.185. The Bertz CT molecular complexity index is 58.6. The van der Waals surface area contributed by atoms with Gasteiger partial charge in [0.25, 0.3) is 0 Å². The van der Waals surface area contributed by atoms with Crippen LogP contribution in [0.15, 0.2) is 0 Å². The highest BCUT2D eigenvalue weighted by Gasteiger charge is 2.13. The highest BCUT2D eigenvalue weighted by atomic mass is 16.1. The highest BCUT2D eigenvalue weighted by molar-refractivity contribution is 5.58. The van der Waals surface area contributed by atoms with E-state index in [2.05, 4.69) is 5.32 Å². The molecule has 0 bridgehead atoms. The third-order valence-electron chi connectivity index (χ3n) is 1.03. The molecule has 1 saturated heterocycles. The number of hydrogen-bond acceptors (Lipinski definition) is 2. The molecule has 1 N–H and O–H groups in total. The molecule has 0 unspecified atom stereocenters. The maximum Gasteiger partial charge on any atom is 0.136 e. The van der Waals surface area contributed by atoms with Crippen LogP contribution in [0.25, 0.3) is 0 Å². The predicted octanol–water partition coefficient (Wildman–Crippen LogP) is -0.453. The van der Waals surface area contributed by atoms with Gasteiger partial charge in [-0.3, -0.25) is 0 Å². The van der Waals surface area contributed by atoms with Crippen LogP contribution >= 0.6 is 0 Å². The summed E-state index contributed by atoms with van der Waals surface area (Å²) in [7, 11) is 0. The Morgan fingerprint density at radius 1 is 1.83 bits per heavy atom. The summed E-state index contributed by atoms with van der Waals surface area (Å²) in [5, 5.41) is 2.93. The zero-order valence-corrected chi connectivity index (χ0v) is 3.48. The van der Waals surface area contributed by atoms with E-state index in [4.69, 9.17) is 0 Å². The zero-order valence-electron chi connectivity index (χ0n) is 3.48. The van der Waals surface area contributed by atoms with E-state index >= 15 is 0 Å². The minimum absolute atomic E-state index is 0.185. The summed E-state index contributed by atoms with van der Waals surface area (Å²) in [6, 6.07) is 0.185. The van der Waals surface area contributed by atoms with E-state index in [0.29, 0.717) is 0 Å². The van der Waals surface area contributed by atoms with E-state index < -0.39 is 0 Å². The van der Waals surface area contributed by atoms with Gasteiger partial charge in [-0.2, -0.15) is 0 Å². The predicted molar refractivity (Wildman–Crippen MR) is 22.5 cm³/mol. The SMILES string of the molecule is O=C[C@H]1CCN1. The Labute approximate surface area is 36.5 Å². The van der Waals surface area contributed by atoms with Crippen LogP contribution in [0.1, 0.15) is 6.42 Å². The van der Waals surface area contributed by atoms with Crippen molar-refractivity contribution in [2.45, 2.75) is 12.5 Å². The lowest BCUT2D eigenvalue weighted by atomic mass is 10.1. The standard InChI is InChI=1S/C4H7NO/c6-3-4-1-2-5-4/h3-5H,1-2H2/t4-/m1/s1. The third kappa shape index (κ3) is 0.431. The number of carbonyl (C=O) groups excluding carboxylic acids is 1. The summed E-state index contributed by atoms with van der Waals surface area (Å²) in [5.74, 6) is 0. The van der Waals surface area contributed by atoms with Crippen LogP contribution in [0.3, 0.4) is 0 Å². The molecule has 0 aromatic carbocycles. The van der Waals surface area contributed by atoms with Crippen LogP contribution in [-0.4, -0.2) is 18.9 Å². The fourth-order valence-electron chi connectivity index (χ4n) is 0.427. The van der Waals surface area contributed by atoms with Gasteiger partial charge in [0.15, 0.2) is 0 Å². The van der Waals surface area contributed by atoms with Crippen molar-refractivity contribution >= 4 is 6.29 Å². The summed E-state index contributed by atoms with van der Waals surface area (Å²) >= 11 is 0. The minimum Gasteiger partial charge on any atom is -0.308 e. The number of carbonyl (C=O) groups is 1. The normalized spacial score (nSPS) is 31.7. The topological polar surface area (TPSA) is 29.1 Å². The molecule has 0 aromatic rings. The molecule has 1 fully saturated rings. The molecule has 2 nitrogen and oxygen atoms in total. The highest BCUT2D eigenvalue weighted by Crippen LogP contribution is 1.95. The molecule has 1 heterocycles. The van der Waals surface area contributed by atoms with Gasteiger partial charge < -0.3 is 10.1 Å². The summed E-state index contributed by atoms with van der Waals surface area (Å²) in [5.41, 5.74) is 0. The molecule has 2 heteroatoms. The lowest BCUT2D eigenvalue weighted by Gasteiger charge is -2.20. The van der Waals surface area contributed by atoms with Gasteiger partial charge in [-0.05, 0) is 13.0 Å². The van der Waals surface area contributed by atoms with Crippen LogP contribution in [0, 0.1) is 0 Å². The molecule has 6 heavy (non-hydrogen) atoms. The Kier molecular flexibility index (Phi) is 0.881. The fraction of sp³-hybridized carbons (Fsp3) is 0.750. The van der Waals surface area contributed by atoms with E-state index in [9.17, 15) is 4.79 Å². The molecule has 0 radical (unpaired) electrons. The van der Waals surface area contributed by atoms with Gasteiger partial charge in [0, 0.05) is 0 Å². The van der Waals surface area contributed by atoms with Gasteiger partial charge in [-0.1, -0.05) is 0 Å². The van der Waals surface area contributed by atoms with E-state index in [0.717, 1.165) is 19.3 Å². The van der Waals surface area contributed by atoms with Crippen molar-refractivity contribution in [2.24, 2.45) is 0 Å². The van der Waals surface area contributed by atoms with Gasteiger partial charge >= 0.3 is 0 Å². The first kappa shape index (κ1) is 3.81. The van der Waals surface area contributed by atoms with Gasteiger partial charge in [-0.15, -0.1) is 0 Å². The second kappa shape index (κ2) is 1.39. The average molecular weight is 85.1 g/mol. The monoisotopic (exact) mass is 85.1 g/mol. The Morgan fingerprint density at radius 3 is 2.50 bits per heavy atom. The smallest absolute Gasteiger partial charge is 0.136 e. The van der Waals surface area contributed by atoms with Crippen molar-refractivity contribution in [1.29, 1.82) is 0 Å². The van der Waals surface area contributed by atoms with Crippen molar-refractivity contribution in [3.63, 3.8) is 0 Å². The van der Waals surface area contributed by atoms with E-state index in [1.54, 1.807) is 0 Å². The Balaban J connectivity index is 2.16. The first-order valence-electron chi connectivity index (χ1n) is 2.12. The van der Waals surface area contributed by atoms with E-state index in [1.807, 2.05) is 0 Å². The van der Waals surface area contributed by atoms with Gasteiger partial charge in [-0.25, -0.2) is 0 Å². The summed E-state index contributed by atoms with van der Waals surface area (Å²) in [4.78, 5) is 9.72. The maximum atomic E-state index is 9.72. The van der Waals surface area contributed by atoms with Crippen LogP contribution < -0.4 is 5.32 Å². The second-order valence-corrected chi connectivity index (χ2v) is 1.49. The molecule has 0 aliphatic carbocycles.